The third-order valence-electron chi connectivity index (χ3n) is 3.09. The second-order valence-corrected chi connectivity index (χ2v) is 5.98. The number of hydrogen-bond acceptors (Lipinski definition) is 4. The third kappa shape index (κ3) is 2.34. The Labute approximate surface area is 124 Å². The molecule has 0 atom stereocenters. The van der Waals surface area contributed by atoms with Crippen molar-refractivity contribution in [2.45, 2.75) is 13.8 Å². The summed E-state index contributed by atoms with van der Waals surface area (Å²) in [7, 11) is 0. The van der Waals surface area contributed by atoms with E-state index < -0.39 is 0 Å². The van der Waals surface area contributed by atoms with Gasteiger partial charge in [0, 0.05) is 10.6 Å². The summed E-state index contributed by atoms with van der Waals surface area (Å²) >= 11 is 7.52. The van der Waals surface area contributed by atoms with E-state index in [4.69, 9.17) is 11.6 Å². The summed E-state index contributed by atoms with van der Waals surface area (Å²) in [5, 5.41) is 4.22. The van der Waals surface area contributed by atoms with Crippen molar-refractivity contribution in [3.05, 3.63) is 45.8 Å². The number of rotatable bonds is 2. The lowest BCUT2D eigenvalue weighted by molar-refractivity contribution is 0.628. The second-order valence-electron chi connectivity index (χ2n) is 4.44. The highest BCUT2D eigenvalue weighted by Gasteiger charge is 2.14. The molecular weight excluding hydrogens is 297 g/mol. The van der Waals surface area contributed by atoms with Crippen LogP contribution in [0.25, 0.3) is 10.2 Å². The molecule has 0 aliphatic rings. The molecule has 0 saturated carbocycles. The van der Waals surface area contributed by atoms with Gasteiger partial charge in [0.1, 0.15) is 16.5 Å². The zero-order valence-electron chi connectivity index (χ0n) is 10.9. The van der Waals surface area contributed by atoms with Crippen LogP contribution < -0.4 is 5.32 Å². The summed E-state index contributed by atoms with van der Waals surface area (Å²) in [6.45, 7) is 4.05. The zero-order valence-corrected chi connectivity index (χ0v) is 12.4. The molecule has 0 radical (unpaired) electrons. The largest absolute Gasteiger partial charge is 0.339 e. The highest BCUT2D eigenvalue weighted by atomic mass is 35.5. The van der Waals surface area contributed by atoms with Crippen LogP contribution in [0.2, 0.25) is 5.28 Å². The maximum atomic E-state index is 13.2. The first-order valence-corrected chi connectivity index (χ1v) is 7.20. The zero-order chi connectivity index (χ0) is 14.3. The van der Waals surface area contributed by atoms with Crippen LogP contribution in [0.4, 0.5) is 15.9 Å². The fourth-order valence-electron chi connectivity index (χ4n) is 2.02. The van der Waals surface area contributed by atoms with Crippen LogP contribution in [-0.4, -0.2) is 9.97 Å². The van der Waals surface area contributed by atoms with Crippen molar-refractivity contribution in [2.75, 3.05) is 5.32 Å². The van der Waals surface area contributed by atoms with Gasteiger partial charge in [0.25, 0.3) is 0 Å². The Morgan fingerprint density at radius 3 is 2.80 bits per heavy atom. The first-order valence-electron chi connectivity index (χ1n) is 6.00. The maximum absolute atomic E-state index is 13.2. The number of anilines is 2. The Hall–Kier alpha value is -1.72. The summed E-state index contributed by atoms with van der Waals surface area (Å²) < 4.78 is 13.2. The van der Waals surface area contributed by atoms with Gasteiger partial charge in [0.2, 0.25) is 5.28 Å². The summed E-state index contributed by atoms with van der Waals surface area (Å²) in [5.74, 6) is 0.303. The van der Waals surface area contributed by atoms with Crippen LogP contribution in [0, 0.1) is 19.7 Å². The minimum Gasteiger partial charge on any atom is -0.339 e. The van der Waals surface area contributed by atoms with E-state index in [0.29, 0.717) is 11.5 Å². The number of benzene rings is 1. The Balaban J connectivity index is 2.15. The van der Waals surface area contributed by atoms with Crippen molar-refractivity contribution in [3.8, 4) is 0 Å². The SMILES string of the molecule is Cc1sc2nc(Cl)nc(Nc3cccc(F)c3)c2c1C. The number of aryl methyl sites for hydroxylation is 2. The fraction of sp³-hybridized carbons (Fsp3) is 0.143. The molecule has 3 rings (SSSR count). The van der Waals surface area contributed by atoms with Crippen LogP contribution in [-0.2, 0) is 0 Å². The molecule has 0 amide bonds. The van der Waals surface area contributed by atoms with E-state index in [1.807, 2.05) is 13.8 Å². The molecule has 0 spiro atoms. The molecule has 0 unspecified atom stereocenters. The molecule has 102 valence electrons. The fourth-order valence-corrected chi connectivity index (χ4v) is 3.27. The number of thiophene rings is 1. The first-order chi connectivity index (χ1) is 9.54. The first kappa shape index (κ1) is 13.3. The van der Waals surface area contributed by atoms with E-state index in [-0.39, 0.29) is 11.1 Å². The normalized spacial score (nSPS) is 11.0. The van der Waals surface area contributed by atoms with Crippen LogP contribution in [0.5, 0.6) is 0 Å². The predicted molar refractivity (Wildman–Crippen MR) is 81.6 cm³/mol. The van der Waals surface area contributed by atoms with Crippen LogP contribution >= 0.6 is 22.9 Å². The number of nitrogens with zero attached hydrogens (tertiary/aromatic N) is 2. The standard InChI is InChI=1S/C14H11ClFN3S/c1-7-8(2)20-13-11(7)12(18-14(15)19-13)17-10-5-3-4-9(16)6-10/h3-6H,1-2H3,(H,17,18,19). The molecule has 0 fully saturated rings. The van der Waals surface area contributed by atoms with Crippen LogP contribution in [0.15, 0.2) is 24.3 Å². The van der Waals surface area contributed by atoms with E-state index in [0.717, 1.165) is 15.8 Å². The third-order valence-corrected chi connectivity index (χ3v) is 4.36. The van der Waals surface area contributed by atoms with E-state index in [9.17, 15) is 4.39 Å². The molecule has 3 aromatic rings. The molecule has 0 aliphatic heterocycles. The quantitative estimate of drug-likeness (QED) is 0.688. The molecule has 2 aromatic heterocycles. The van der Waals surface area contributed by atoms with Crippen molar-refractivity contribution in [3.63, 3.8) is 0 Å². The van der Waals surface area contributed by atoms with E-state index in [1.54, 1.807) is 23.5 Å². The molecule has 0 aliphatic carbocycles. The Morgan fingerprint density at radius 2 is 2.05 bits per heavy atom. The average Bonchev–Trinajstić information content (AvgIpc) is 2.64. The molecule has 1 aromatic carbocycles. The highest BCUT2D eigenvalue weighted by molar-refractivity contribution is 7.18. The molecule has 20 heavy (non-hydrogen) atoms. The van der Waals surface area contributed by atoms with Gasteiger partial charge in [-0.05, 0) is 49.2 Å². The Morgan fingerprint density at radius 1 is 1.25 bits per heavy atom. The van der Waals surface area contributed by atoms with Gasteiger partial charge in [-0.25, -0.2) is 9.37 Å². The van der Waals surface area contributed by atoms with Crippen LogP contribution in [0.1, 0.15) is 10.4 Å². The molecule has 6 heteroatoms. The minimum absolute atomic E-state index is 0.178. The summed E-state index contributed by atoms with van der Waals surface area (Å²) in [5.41, 5.74) is 1.74. The lowest BCUT2D eigenvalue weighted by Gasteiger charge is -2.08. The lowest BCUT2D eigenvalue weighted by Crippen LogP contribution is -1.97. The summed E-state index contributed by atoms with van der Waals surface area (Å²) in [6.07, 6.45) is 0. The van der Waals surface area contributed by atoms with Gasteiger partial charge in [0.05, 0.1) is 5.39 Å². The number of halogens is 2. The van der Waals surface area contributed by atoms with Crippen molar-refractivity contribution < 1.29 is 4.39 Å². The minimum atomic E-state index is -0.301. The van der Waals surface area contributed by atoms with Crippen molar-refractivity contribution in [1.82, 2.24) is 9.97 Å². The number of nitrogens with one attached hydrogen (secondary N) is 1. The average molecular weight is 308 g/mol. The van der Waals surface area contributed by atoms with Gasteiger partial charge in [-0.15, -0.1) is 11.3 Å². The number of fused-ring (bicyclic) bond motifs is 1. The van der Waals surface area contributed by atoms with Gasteiger partial charge in [-0.3, -0.25) is 0 Å². The van der Waals surface area contributed by atoms with E-state index >= 15 is 0 Å². The smallest absolute Gasteiger partial charge is 0.225 e. The van der Waals surface area contributed by atoms with Crippen molar-refractivity contribution in [1.29, 1.82) is 0 Å². The molecule has 0 saturated heterocycles. The second kappa shape index (κ2) is 5.00. The van der Waals surface area contributed by atoms with Gasteiger partial charge >= 0.3 is 0 Å². The van der Waals surface area contributed by atoms with E-state index in [2.05, 4.69) is 15.3 Å². The van der Waals surface area contributed by atoms with Crippen LogP contribution in [0.3, 0.4) is 0 Å². The number of hydrogen-bond donors (Lipinski definition) is 1. The van der Waals surface area contributed by atoms with Gasteiger partial charge < -0.3 is 5.32 Å². The van der Waals surface area contributed by atoms with Gasteiger partial charge in [-0.1, -0.05) is 6.07 Å². The predicted octanol–water partition coefficient (Wildman–Crippen LogP) is 4.84. The Kier molecular flexibility index (Phi) is 3.31. The molecular formula is C14H11ClFN3S. The molecule has 0 bridgehead atoms. The highest BCUT2D eigenvalue weighted by Crippen LogP contribution is 2.35. The van der Waals surface area contributed by atoms with Crippen molar-refractivity contribution in [2.24, 2.45) is 0 Å². The summed E-state index contributed by atoms with van der Waals surface area (Å²) in [4.78, 5) is 10.5. The van der Waals surface area contributed by atoms with Crippen molar-refractivity contribution >= 4 is 44.7 Å². The monoisotopic (exact) mass is 307 g/mol. The number of aromatic nitrogens is 2. The molecule has 3 nitrogen and oxygen atoms in total. The maximum Gasteiger partial charge on any atom is 0.225 e. The van der Waals surface area contributed by atoms with Gasteiger partial charge in [-0.2, -0.15) is 4.98 Å². The lowest BCUT2D eigenvalue weighted by atomic mass is 10.2. The molecule has 2 heterocycles. The summed E-state index contributed by atoms with van der Waals surface area (Å²) in [6, 6.07) is 6.23. The van der Waals surface area contributed by atoms with Gasteiger partial charge in [0.15, 0.2) is 0 Å². The Bertz CT molecular complexity index is 800. The van der Waals surface area contributed by atoms with E-state index in [1.165, 1.54) is 17.0 Å². The topological polar surface area (TPSA) is 37.8 Å². The molecule has 1 N–H and O–H groups in total.